The minimum atomic E-state index is -0.727. The van der Waals surface area contributed by atoms with Crippen LogP contribution >= 0.6 is 0 Å². The first-order chi connectivity index (χ1) is 10.9. The van der Waals surface area contributed by atoms with E-state index in [1.165, 1.54) is 18.9 Å². The predicted octanol–water partition coefficient (Wildman–Crippen LogP) is 3.04. The van der Waals surface area contributed by atoms with Crippen LogP contribution in [0.1, 0.15) is 51.1 Å². The molecular formula is C17H24N2O4. The van der Waals surface area contributed by atoms with Gasteiger partial charge in [0.05, 0.1) is 11.0 Å². The van der Waals surface area contributed by atoms with Crippen molar-refractivity contribution in [1.82, 2.24) is 4.90 Å². The van der Waals surface area contributed by atoms with Gasteiger partial charge in [-0.05, 0) is 45.8 Å². The van der Waals surface area contributed by atoms with E-state index in [1.807, 2.05) is 13.8 Å². The highest BCUT2D eigenvalue weighted by atomic mass is 16.6. The Morgan fingerprint density at radius 1 is 1.26 bits per heavy atom. The van der Waals surface area contributed by atoms with E-state index in [1.54, 1.807) is 12.1 Å². The largest absolute Gasteiger partial charge is 0.485 e. The molecule has 0 unspecified atom stereocenters. The molecule has 2 aliphatic rings. The molecule has 1 saturated heterocycles. The summed E-state index contributed by atoms with van der Waals surface area (Å²) in [7, 11) is 0. The highest BCUT2D eigenvalue weighted by Crippen LogP contribution is 2.44. The molecule has 1 aromatic rings. The van der Waals surface area contributed by atoms with Gasteiger partial charge in [-0.25, -0.2) is 0 Å². The van der Waals surface area contributed by atoms with Crippen LogP contribution in [0.5, 0.6) is 5.75 Å². The van der Waals surface area contributed by atoms with Crippen molar-refractivity contribution in [3.63, 3.8) is 0 Å². The Morgan fingerprint density at radius 2 is 1.91 bits per heavy atom. The standard InChI is InChI=1S/C17H24N2O4/c1-17(2)16(20)15(18-9-5-3-4-6-10-18)13-11-12(19(21)22)7-8-14(13)23-17/h7-8,11,15-16,20H,3-6,9-10H2,1-2H3/t15-,16+/m1/s1. The van der Waals surface area contributed by atoms with Gasteiger partial charge in [-0.3, -0.25) is 15.0 Å². The molecule has 0 radical (unpaired) electrons. The van der Waals surface area contributed by atoms with Gasteiger partial charge in [0.25, 0.3) is 5.69 Å². The average Bonchev–Trinajstić information content (AvgIpc) is 2.77. The van der Waals surface area contributed by atoms with Crippen LogP contribution in [0.25, 0.3) is 0 Å². The summed E-state index contributed by atoms with van der Waals surface area (Å²) in [6.07, 6.45) is 3.85. The number of nitrogens with zero attached hydrogens (tertiary/aromatic N) is 2. The number of nitro benzene ring substituents is 1. The highest BCUT2D eigenvalue weighted by Gasteiger charge is 2.45. The quantitative estimate of drug-likeness (QED) is 0.669. The SMILES string of the molecule is CC1(C)Oc2ccc([N+](=O)[O-])cc2[C@@H](N2CCCCCC2)[C@@H]1O. The van der Waals surface area contributed by atoms with Gasteiger partial charge in [0, 0.05) is 17.7 Å². The van der Waals surface area contributed by atoms with Crippen molar-refractivity contribution < 1.29 is 14.8 Å². The number of fused-ring (bicyclic) bond motifs is 1. The summed E-state index contributed by atoms with van der Waals surface area (Å²) in [5.74, 6) is 0.639. The lowest BCUT2D eigenvalue weighted by atomic mass is 9.85. The van der Waals surface area contributed by atoms with E-state index in [9.17, 15) is 15.2 Å². The number of benzene rings is 1. The summed E-state index contributed by atoms with van der Waals surface area (Å²) < 4.78 is 5.92. The second-order valence-electron chi connectivity index (χ2n) is 7.02. The molecule has 0 spiro atoms. The Hall–Kier alpha value is -1.66. The van der Waals surface area contributed by atoms with Crippen LogP contribution < -0.4 is 4.74 Å². The molecule has 3 rings (SSSR count). The predicted molar refractivity (Wildman–Crippen MR) is 86.6 cm³/mol. The minimum absolute atomic E-state index is 0.0408. The summed E-state index contributed by atoms with van der Waals surface area (Å²) in [5.41, 5.74) is 0.0483. The molecule has 0 aromatic heterocycles. The van der Waals surface area contributed by atoms with Gasteiger partial charge in [-0.2, -0.15) is 0 Å². The Morgan fingerprint density at radius 3 is 2.52 bits per heavy atom. The van der Waals surface area contributed by atoms with Gasteiger partial charge in [-0.15, -0.1) is 0 Å². The first-order valence-electron chi connectivity index (χ1n) is 8.29. The van der Waals surface area contributed by atoms with Crippen molar-refractivity contribution in [2.45, 2.75) is 57.3 Å². The molecule has 0 amide bonds. The first-order valence-corrected chi connectivity index (χ1v) is 8.29. The maximum Gasteiger partial charge on any atom is 0.270 e. The third-order valence-electron chi connectivity index (χ3n) is 4.94. The highest BCUT2D eigenvalue weighted by molar-refractivity contribution is 5.48. The number of aliphatic hydroxyl groups is 1. The Kier molecular flexibility index (Phi) is 4.29. The Labute approximate surface area is 136 Å². The molecular weight excluding hydrogens is 296 g/mol. The van der Waals surface area contributed by atoms with Crippen LogP contribution in [0.3, 0.4) is 0 Å². The molecule has 6 heteroatoms. The van der Waals surface area contributed by atoms with E-state index in [-0.39, 0.29) is 11.7 Å². The normalized spacial score (nSPS) is 27.6. The summed E-state index contributed by atoms with van der Waals surface area (Å²) in [5, 5.41) is 22.0. The molecule has 1 aromatic carbocycles. The summed E-state index contributed by atoms with van der Waals surface area (Å²) in [6.45, 7) is 5.54. The first kappa shape index (κ1) is 16.2. The van der Waals surface area contributed by atoms with Crippen LogP contribution in [0.15, 0.2) is 18.2 Å². The molecule has 6 nitrogen and oxygen atoms in total. The maximum absolute atomic E-state index is 11.1. The maximum atomic E-state index is 11.1. The monoisotopic (exact) mass is 320 g/mol. The zero-order chi connectivity index (χ0) is 16.6. The zero-order valence-corrected chi connectivity index (χ0v) is 13.7. The van der Waals surface area contributed by atoms with Crippen LogP contribution in [-0.2, 0) is 0 Å². The van der Waals surface area contributed by atoms with E-state index in [2.05, 4.69) is 4.90 Å². The van der Waals surface area contributed by atoms with E-state index >= 15 is 0 Å². The van der Waals surface area contributed by atoms with Crippen molar-refractivity contribution in [3.05, 3.63) is 33.9 Å². The lowest BCUT2D eigenvalue weighted by molar-refractivity contribution is -0.385. The molecule has 126 valence electrons. The summed E-state index contributed by atoms with van der Waals surface area (Å²) in [4.78, 5) is 13.0. The Balaban J connectivity index is 2.05. The number of aliphatic hydroxyl groups excluding tert-OH is 1. The van der Waals surface area contributed by atoms with Gasteiger partial charge >= 0.3 is 0 Å². The number of hydrogen-bond donors (Lipinski definition) is 1. The van der Waals surface area contributed by atoms with Crippen LogP contribution in [0, 0.1) is 10.1 Å². The van der Waals surface area contributed by atoms with Gasteiger partial charge < -0.3 is 9.84 Å². The molecule has 1 fully saturated rings. The zero-order valence-electron chi connectivity index (χ0n) is 13.7. The number of nitro groups is 1. The number of ether oxygens (including phenoxy) is 1. The van der Waals surface area contributed by atoms with E-state index < -0.39 is 16.6 Å². The fraction of sp³-hybridized carbons (Fsp3) is 0.647. The van der Waals surface area contributed by atoms with Crippen molar-refractivity contribution in [2.24, 2.45) is 0 Å². The average molecular weight is 320 g/mol. The summed E-state index contributed by atoms with van der Waals surface area (Å²) in [6, 6.07) is 4.42. The second kappa shape index (κ2) is 6.09. The van der Waals surface area contributed by atoms with Crippen LogP contribution in [0.2, 0.25) is 0 Å². The van der Waals surface area contributed by atoms with Crippen LogP contribution in [0.4, 0.5) is 5.69 Å². The van der Waals surface area contributed by atoms with Gasteiger partial charge in [0.1, 0.15) is 17.5 Å². The molecule has 23 heavy (non-hydrogen) atoms. The molecule has 2 atom stereocenters. The summed E-state index contributed by atoms with van der Waals surface area (Å²) >= 11 is 0. The number of likely N-dealkylation sites (tertiary alicyclic amines) is 1. The minimum Gasteiger partial charge on any atom is -0.485 e. The molecule has 1 N–H and O–H groups in total. The molecule has 0 saturated carbocycles. The van der Waals surface area contributed by atoms with Crippen molar-refractivity contribution in [2.75, 3.05) is 13.1 Å². The lowest BCUT2D eigenvalue weighted by Crippen LogP contribution is -2.53. The van der Waals surface area contributed by atoms with Crippen molar-refractivity contribution >= 4 is 5.69 Å². The molecule has 0 bridgehead atoms. The van der Waals surface area contributed by atoms with E-state index in [0.717, 1.165) is 31.5 Å². The fourth-order valence-electron chi connectivity index (χ4n) is 3.64. The van der Waals surface area contributed by atoms with Crippen LogP contribution in [-0.4, -0.2) is 39.7 Å². The van der Waals surface area contributed by atoms with Gasteiger partial charge in [0.2, 0.25) is 0 Å². The fourth-order valence-corrected chi connectivity index (χ4v) is 3.64. The Bertz CT molecular complexity index is 594. The lowest BCUT2D eigenvalue weighted by Gasteiger charge is -2.46. The topological polar surface area (TPSA) is 75.8 Å². The smallest absolute Gasteiger partial charge is 0.270 e. The van der Waals surface area contributed by atoms with E-state index in [4.69, 9.17) is 4.74 Å². The van der Waals surface area contributed by atoms with E-state index in [0.29, 0.717) is 5.75 Å². The molecule has 2 heterocycles. The molecule has 2 aliphatic heterocycles. The third kappa shape index (κ3) is 3.05. The second-order valence-corrected chi connectivity index (χ2v) is 7.02. The third-order valence-corrected chi connectivity index (χ3v) is 4.94. The van der Waals surface area contributed by atoms with Crippen molar-refractivity contribution in [1.29, 1.82) is 0 Å². The van der Waals surface area contributed by atoms with Crippen molar-refractivity contribution in [3.8, 4) is 5.75 Å². The van der Waals surface area contributed by atoms with Gasteiger partial charge in [-0.1, -0.05) is 12.8 Å². The number of rotatable bonds is 2. The van der Waals surface area contributed by atoms with Gasteiger partial charge in [0.15, 0.2) is 0 Å². The number of non-ortho nitro benzene ring substituents is 1. The number of hydrogen-bond acceptors (Lipinski definition) is 5. The molecule has 0 aliphatic carbocycles.